The highest BCUT2D eigenvalue weighted by molar-refractivity contribution is 6.31. The zero-order valence-corrected chi connectivity index (χ0v) is 12.6. The van der Waals surface area contributed by atoms with Gasteiger partial charge in [-0.05, 0) is 25.5 Å². The van der Waals surface area contributed by atoms with Gasteiger partial charge in [0.05, 0.1) is 22.5 Å². The predicted octanol–water partition coefficient (Wildman–Crippen LogP) is 2.66. The van der Waals surface area contributed by atoms with Gasteiger partial charge in [-0.2, -0.15) is 5.10 Å². The van der Waals surface area contributed by atoms with Crippen LogP contribution in [0.3, 0.4) is 0 Å². The molecule has 2 aromatic rings. The molecule has 0 aliphatic heterocycles. The maximum absolute atomic E-state index is 10.2. The van der Waals surface area contributed by atoms with Gasteiger partial charge in [-0.15, -0.1) is 0 Å². The molecule has 1 atom stereocenters. The number of aliphatic hydroxyl groups excluding tert-OH is 1. The predicted molar refractivity (Wildman–Crippen MR) is 79.9 cm³/mol. The van der Waals surface area contributed by atoms with Crippen LogP contribution in [0.15, 0.2) is 24.4 Å². The summed E-state index contributed by atoms with van der Waals surface area (Å²) in [5.74, 6) is 0. The lowest BCUT2D eigenvalue weighted by Crippen LogP contribution is -2.17. The lowest BCUT2D eigenvalue weighted by atomic mass is 10.1. The molecule has 108 valence electrons. The van der Waals surface area contributed by atoms with Crippen molar-refractivity contribution in [3.63, 3.8) is 0 Å². The molecule has 2 rings (SSSR count). The van der Waals surface area contributed by atoms with Crippen molar-refractivity contribution >= 4 is 11.6 Å². The Labute approximate surface area is 124 Å². The van der Waals surface area contributed by atoms with Crippen LogP contribution in [0.5, 0.6) is 0 Å². The van der Waals surface area contributed by atoms with Gasteiger partial charge in [0.25, 0.3) is 0 Å². The Morgan fingerprint density at radius 1 is 1.30 bits per heavy atom. The molecular formula is C15H20ClN3O. The Balaban J connectivity index is 2.11. The smallest absolute Gasteiger partial charge is 0.0850 e. The number of halogens is 1. The number of rotatable bonds is 6. The van der Waals surface area contributed by atoms with Gasteiger partial charge in [0.15, 0.2) is 0 Å². The van der Waals surface area contributed by atoms with Crippen LogP contribution >= 0.6 is 11.6 Å². The lowest BCUT2D eigenvalue weighted by Gasteiger charge is -2.11. The van der Waals surface area contributed by atoms with Crippen LogP contribution in [-0.2, 0) is 25.8 Å². The molecule has 0 saturated carbocycles. The second kappa shape index (κ2) is 6.86. The molecule has 2 aromatic heterocycles. The van der Waals surface area contributed by atoms with E-state index in [1.54, 1.807) is 6.20 Å². The molecular weight excluding hydrogens is 274 g/mol. The number of aromatic nitrogens is 3. The van der Waals surface area contributed by atoms with Gasteiger partial charge in [-0.3, -0.25) is 9.67 Å². The van der Waals surface area contributed by atoms with Gasteiger partial charge in [-0.1, -0.05) is 24.6 Å². The first-order valence-corrected chi connectivity index (χ1v) is 7.35. The van der Waals surface area contributed by atoms with E-state index >= 15 is 0 Å². The first-order valence-electron chi connectivity index (χ1n) is 6.97. The monoisotopic (exact) mass is 293 g/mol. The Morgan fingerprint density at radius 2 is 2.10 bits per heavy atom. The highest BCUT2D eigenvalue weighted by Gasteiger charge is 2.18. The summed E-state index contributed by atoms with van der Waals surface area (Å²) in [7, 11) is 0. The Hall–Kier alpha value is -1.39. The number of pyridine rings is 1. The minimum absolute atomic E-state index is 0.496. The quantitative estimate of drug-likeness (QED) is 0.891. The van der Waals surface area contributed by atoms with Crippen molar-refractivity contribution in [2.75, 3.05) is 0 Å². The molecule has 0 bridgehead atoms. The number of nitrogens with zero attached hydrogens (tertiary/aromatic N) is 3. The van der Waals surface area contributed by atoms with E-state index in [4.69, 9.17) is 11.6 Å². The molecule has 1 unspecified atom stereocenters. The maximum Gasteiger partial charge on any atom is 0.0850 e. The van der Waals surface area contributed by atoms with E-state index in [1.165, 1.54) is 0 Å². The zero-order chi connectivity index (χ0) is 14.5. The summed E-state index contributed by atoms with van der Waals surface area (Å²) in [5, 5.41) is 15.4. The normalized spacial score (nSPS) is 12.6. The molecule has 0 aliphatic carbocycles. The van der Waals surface area contributed by atoms with E-state index < -0.39 is 6.10 Å². The summed E-state index contributed by atoms with van der Waals surface area (Å²) in [6.45, 7) is 4.81. The molecule has 0 saturated heterocycles. The van der Waals surface area contributed by atoms with Crippen LogP contribution in [-0.4, -0.2) is 26.0 Å². The molecule has 4 nitrogen and oxygen atoms in total. The lowest BCUT2D eigenvalue weighted by molar-refractivity contribution is 0.171. The Bertz CT molecular complexity index is 554. The average Bonchev–Trinajstić information content (AvgIpc) is 2.76. The molecule has 0 fully saturated rings. The van der Waals surface area contributed by atoms with Crippen LogP contribution in [0.25, 0.3) is 0 Å². The third-order valence-corrected chi connectivity index (χ3v) is 3.73. The highest BCUT2D eigenvalue weighted by atomic mass is 35.5. The van der Waals surface area contributed by atoms with E-state index in [0.29, 0.717) is 17.9 Å². The summed E-state index contributed by atoms with van der Waals surface area (Å²) < 4.78 is 1.88. The highest BCUT2D eigenvalue weighted by Crippen LogP contribution is 2.23. The van der Waals surface area contributed by atoms with Crippen molar-refractivity contribution in [1.29, 1.82) is 0 Å². The third-order valence-electron chi connectivity index (χ3n) is 3.29. The summed E-state index contributed by atoms with van der Waals surface area (Å²) in [6, 6.07) is 5.71. The van der Waals surface area contributed by atoms with Crippen molar-refractivity contribution in [3.8, 4) is 0 Å². The first-order chi connectivity index (χ1) is 9.65. The van der Waals surface area contributed by atoms with Gasteiger partial charge in [0.2, 0.25) is 0 Å². The van der Waals surface area contributed by atoms with Crippen LogP contribution in [0.1, 0.15) is 30.9 Å². The van der Waals surface area contributed by atoms with Crippen molar-refractivity contribution in [2.24, 2.45) is 0 Å². The minimum Gasteiger partial charge on any atom is -0.392 e. The number of aliphatic hydroxyl groups is 1. The molecule has 0 aliphatic rings. The fourth-order valence-corrected chi connectivity index (χ4v) is 2.61. The zero-order valence-electron chi connectivity index (χ0n) is 11.9. The molecule has 0 aromatic carbocycles. The second-order valence-corrected chi connectivity index (χ2v) is 5.14. The summed E-state index contributed by atoms with van der Waals surface area (Å²) in [5.41, 5.74) is 2.69. The number of aryl methyl sites for hydroxylation is 2. The molecule has 2 heterocycles. The first kappa shape index (κ1) is 15.0. The van der Waals surface area contributed by atoms with Crippen LogP contribution in [0.4, 0.5) is 0 Å². The number of hydrogen-bond donors (Lipinski definition) is 1. The Kier molecular flexibility index (Phi) is 5.15. The van der Waals surface area contributed by atoms with Crippen molar-refractivity contribution in [2.45, 2.75) is 45.8 Å². The second-order valence-electron chi connectivity index (χ2n) is 4.76. The third kappa shape index (κ3) is 3.38. The molecule has 0 amide bonds. The summed E-state index contributed by atoms with van der Waals surface area (Å²) >= 11 is 6.35. The minimum atomic E-state index is -0.505. The van der Waals surface area contributed by atoms with Gasteiger partial charge in [-0.25, -0.2) is 0 Å². The Morgan fingerprint density at radius 3 is 2.70 bits per heavy atom. The fraction of sp³-hybridized carbons (Fsp3) is 0.467. The van der Waals surface area contributed by atoms with Gasteiger partial charge < -0.3 is 5.11 Å². The van der Waals surface area contributed by atoms with E-state index in [9.17, 15) is 5.11 Å². The van der Waals surface area contributed by atoms with E-state index in [-0.39, 0.29) is 0 Å². The van der Waals surface area contributed by atoms with Crippen LogP contribution < -0.4 is 0 Å². The van der Waals surface area contributed by atoms with Gasteiger partial charge in [0.1, 0.15) is 0 Å². The fourth-order valence-electron chi connectivity index (χ4n) is 2.27. The SMILES string of the molecule is CCc1nn(CC)c(CC(O)Cc2ccccn2)c1Cl. The van der Waals surface area contributed by atoms with Crippen LogP contribution in [0, 0.1) is 0 Å². The van der Waals surface area contributed by atoms with Gasteiger partial charge >= 0.3 is 0 Å². The van der Waals surface area contributed by atoms with E-state index in [2.05, 4.69) is 10.1 Å². The number of hydrogen-bond acceptors (Lipinski definition) is 3. The summed E-state index contributed by atoms with van der Waals surface area (Å²) in [4.78, 5) is 4.23. The van der Waals surface area contributed by atoms with E-state index in [0.717, 1.165) is 30.0 Å². The standard InChI is InChI=1S/C15H20ClN3O/c1-3-13-15(16)14(19(4-2)18-13)10-12(20)9-11-7-5-6-8-17-11/h5-8,12,20H,3-4,9-10H2,1-2H3. The van der Waals surface area contributed by atoms with Crippen molar-refractivity contribution in [3.05, 3.63) is 46.5 Å². The van der Waals surface area contributed by atoms with Crippen LogP contribution in [0.2, 0.25) is 5.02 Å². The molecule has 20 heavy (non-hydrogen) atoms. The molecule has 5 heteroatoms. The maximum atomic E-state index is 10.2. The molecule has 1 N–H and O–H groups in total. The van der Waals surface area contributed by atoms with Crippen molar-refractivity contribution in [1.82, 2.24) is 14.8 Å². The topological polar surface area (TPSA) is 50.9 Å². The molecule has 0 spiro atoms. The van der Waals surface area contributed by atoms with E-state index in [1.807, 2.05) is 36.7 Å². The van der Waals surface area contributed by atoms with Gasteiger partial charge in [0, 0.05) is 31.3 Å². The largest absolute Gasteiger partial charge is 0.392 e. The molecule has 0 radical (unpaired) electrons. The average molecular weight is 294 g/mol. The summed E-state index contributed by atoms with van der Waals surface area (Å²) in [6.07, 6.45) is 3.05. The van der Waals surface area contributed by atoms with Crippen molar-refractivity contribution < 1.29 is 5.11 Å².